The third kappa shape index (κ3) is 3.24. The van der Waals surface area contributed by atoms with Gasteiger partial charge in [-0.1, -0.05) is 30.3 Å². The van der Waals surface area contributed by atoms with Gasteiger partial charge >= 0.3 is 0 Å². The lowest BCUT2D eigenvalue weighted by Crippen LogP contribution is -2.19. The molecule has 2 aromatic rings. The molecule has 0 fully saturated rings. The number of hydrogen-bond donors (Lipinski definition) is 2. The first kappa shape index (κ1) is 15.1. The van der Waals surface area contributed by atoms with Gasteiger partial charge < -0.3 is 10.6 Å². The topological polar surface area (TPSA) is 41.1 Å². The van der Waals surface area contributed by atoms with Crippen molar-refractivity contribution in [2.45, 2.75) is 26.8 Å². The summed E-state index contributed by atoms with van der Waals surface area (Å²) in [6.45, 7) is 6.22. The molecule has 3 heteroatoms. The summed E-state index contributed by atoms with van der Waals surface area (Å²) in [4.78, 5) is 11.9. The molecule has 2 N–H and O–H groups in total. The van der Waals surface area contributed by atoms with E-state index in [0.29, 0.717) is 5.56 Å². The quantitative estimate of drug-likeness (QED) is 0.894. The van der Waals surface area contributed by atoms with Crippen LogP contribution in [0.15, 0.2) is 42.5 Å². The summed E-state index contributed by atoms with van der Waals surface area (Å²) in [6.07, 6.45) is 0. The molecular formula is C18H22N2O. The molecule has 21 heavy (non-hydrogen) atoms. The van der Waals surface area contributed by atoms with Gasteiger partial charge in [-0.05, 0) is 49.6 Å². The van der Waals surface area contributed by atoms with Gasteiger partial charge in [0.15, 0.2) is 0 Å². The van der Waals surface area contributed by atoms with Crippen LogP contribution in [0.3, 0.4) is 0 Å². The Labute approximate surface area is 126 Å². The molecule has 0 saturated carbocycles. The highest BCUT2D eigenvalue weighted by Crippen LogP contribution is 2.25. The largest absolute Gasteiger partial charge is 0.378 e. The van der Waals surface area contributed by atoms with Gasteiger partial charge in [-0.3, -0.25) is 4.79 Å². The average molecular weight is 282 g/mol. The Morgan fingerprint density at radius 2 is 1.76 bits per heavy atom. The molecule has 0 aromatic heterocycles. The third-order valence-electron chi connectivity index (χ3n) is 3.83. The number of anilines is 1. The molecule has 0 radical (unpaired) electrons. The van der Waals surface area contributed by atoms with E-state index in [1.165, 1.54) is 11.1 Å². The van der Waals surface area contributed by atoms with Crippen LogP contribution >= 0.6 is 0 Å². The van der Waals surface area contributed by atoms with Gasteiger partial charge in [0.05, 0.1) is 0 Å². The van der Waals surface area contributed by atoms with Crippen LogP contribution in [-0.2, 0) is 0 Å². The molecule has 0 aliphatic carbocycles. The summed E-state index contributed by atoms with van der Waals surface area (Å²) in [5, 5.41) is 6.18. The zero-order valence-corrected chi connectivity index (χ0v) is 13.0. The maximum Gasteiger partial charge on any atom is 0.251 e. The predicted molar refractivity (Wildman–Crippen MR) is 87.8 cm³/mol. The number of aryl methyl sites for hydroxylation is 1. The van der Waals surface area contributed by atoms with Crippen LogP contribution in [0.2, 0.25) is 0 Å². The van der Waals surface area contributed by atoms with E-state index in [1.807, 2.05) is 37.3 Å². The van der Waals surface area contributed by atoms with E-state index in [-0.39, 0.29) is 11.9 Å². The van der Waals surface area contributed by atoms with Gasteiger partial charge in [0.1, 0.15) is 0 Å². The maximum atomic E-state index is 11.9. The lowest BCUT2D eigenvalue weighted by molar-refractivity contribution is 0.0962. The molecule has 1 atom stereocenters. The van der Waals surface area contributed by atoms with Crippen molar-refractivity contribution in [3.05, 3.63) is 64.7 Å². The Bertz CT molecular complexity index is 649. The fourth-order valence-corrected chi connectivity index (χ4v) is 2.56. The van der Waals surface area contributed by atoms with Gasteiger partial charge in [0, 0.05) is 24.3 Å². The van der Waals surface area contributed by atoms with Crippen molar-refractivity contribution in [2.24, 2.45) is 0 Å². The lowest BCUT2D eigenvalue weighted by Gasteiger charge is -2.20. The molecule has 0 bridgehead atoms. The fourth-order valence-electron chi connectivity index (χ4n) is 2.56. The highest BCUT2D eigenvalue weighted by Gasteiger charge is 2.13. The number of carbonyl (C=O) groups is 1. The normalized spacial score (nSPS) is 11.8. The van der Waals surface area contributed by atoms with Gasteiger partial charge in [0.25, 0.3) is 5.91 Å². The number of hydrogen-bond acceptors (Lipinski definition) is 2. The Balaban J connectivity index is 2.28. The average Bonchev–Trinajstić information content (AvgIpc) is 2.49. The molecule has 0 spiro atoms. The zero-order valence-electron chi connectivity index (χ0n) is 13.0. The van der Waals surface area contributed by atoms with Crippen LogP contribution in [0.25, 0.3) is 0 Å². The maximum absolute atomic E-state index is 11.9. The van der Waals surface area contributed by atoms with Crippen molar-refractivity contribution < 1.29 is 4.79 Å². The van der Waals surface area contributed by atoms with Crippen LogP contribution < -0.4 is 10.6 Å². The molecule has 3 nitrogen and oxygen atoms in total. The molecule has 0 aliphatic heterocycles. The summed E-state index contributed by atoms with van der Waals surface area (Å²) in [6, 6.07) is 14.3. The van der Waals surface area contributed by atoms with Crippen molar-refractivity contribution >= 4 is 11.6 Å². The minimum Gasteiger partial charge on any atom is -0.378 e. The number of benzene rings is 2. The second kappa shape index (κ2) is 6.44. The van der Waals surface area contributed by atoms with E-state index in [0.717, 1.165) is 11.3 Å². The van der Waals surface area contributed by atoms with Gasteiger partial charge in [-0.2, -0.15) is 0 Å². The van der Waals surface area contributed by atoms with Crippen LogP contribution in [0.4, 0.5) is 5.69 Å². The van der Waals surface area contributed by atoms with E-state index in [1.54, 1.807) is 7.05 Å². The Hall–Kier alpha value is -2.29. The Morgan fingerprint density at radius 3 is 2.43 bits per heavy atom. The van der Waals surface area contributed by atoms with E-state index in [2.05, 4.69) is 36.6 Å². The van der Waals surface area contributed by atoms with Crippen molar-refractivity contribution in [3.8, 4) is 0 Å². The minimum atomic E-state index is -0.0558. The standard InChI is InChI=1S/C18H22N2O/c1-12-8-5-6-9-15(12)14(3)20-17-11-7-10-16(13(17)2)18(21)19-4/h5-11,14,20H,1-4H3,(H,19,21). The molecular weight excluding hydrogens is 260 g/mol. The van der Waals surface area contributed by atoms with Crippen molar-refractivity contribution in [3.63, 3.8) is 0 Å². The fraction of sp³-hybridized carbons (Fsp3) is 0.278. The first-order chi connectivity index (χ1) is 10.0. The highest BCUT2D eigenvalue weighted by atomic mass is 16.1. The van der Waals surface area contributed by atoms with Gasteiger partial charge in [-0.25, -0.2) is 0 Å². The third-order valence-corrected chi connectivity index (χ3v) is 3.83. The summed E-state index contributed by atoms with van der Waals surface area (Å²) < 4.78 is 0. The monoisotopic (exact) mass is 282 g/mol. The molecule has 2 rings (SSSR count). The van der Waals surface area contributed by atoms with E-state index < -0.39 is 0 Å². The molecule has 0 heterocycles. The zero-order chi connectivity index (χ0) is 15.4. The number of carbonyl (C=O) groups excluding carboxylic acids is 1. The van der Waals surface area contributed by atoms with Crippen LogP contribution in [0.1, 0.15) is 40.0 Å². The first-order valence-electron chi connectivity index (χ1n) is 7.18. The van der Waals surface area contributed by atoms with Crippen LogP contribution in [-0.4, -0.2) is 13.0 Å². The lowest BCUT2D eigenvalue weighted by atomic mass is 10.0. The Kier molecular flexibility index (Phi) is 4.63. The molecule has 1 unspecified atom stereocenters. The van der Waals surface area contributed by atoms with Crippen molar-refractivity contribution in [2.75, 3.05) is 12.4 Å². The summed E-state index contributed by atoms with van der Waals surface area (Å²) in [5.41, 5.74) is 5.20. The van der Waals surface area contributed by atoms with Gasteiger partial charge in [-0.15, -0.1) is 0 Å². The Morgan fingerprint density at radius 1 is 1.05 bits per heavy atom. The molecule has 0 aliphatic rings. The molecule has 2 aromatic carbocycles. The second-order valence-electron chi connectivity index (χ2n) is 5.28. The molecule has 110 valence electrons. The number of amides is 1. The molecule has 1 amide bonds. The predicted octanol–water partition coefficient (Wildman–Crippen LogP) is 3.84. The van der Waals surface area contributed by atoms with Crippen LogP contribution in [0.5, 0.6) is 0 Å². The van der Waals surface area contributed by atoms with Gasteiger partial charge in [0.2, 0.25) is 0 Å². The van der Waals surface area contributed by atoms with E-state index >= 15 is 0 Å². The number of nitrogens with one attached hydrogen (secondary N) is 2. The van der Waals surface area contributed by atoms with E-state index in [9.17, 15) is 4.79 Å². The molecule has 0 saturated heterocycles. The van der Waals surface area contributed by atoms with Crippen LogP contribution in [0, 0.1) is 13.8 Å². The first-order valence-corrected chi connectivity index (χ1v) is 7.18. The van der Waals surface area contributed by atoms with E-state index in [4.69, 9.17) is 0 Å². The van der Waals surface area contributed by atoms with Crippen molar-refractivity contribution in [1.29, 1.82) is 0 Å². The summed E-state index contributed by atoms with van der Waals surface area (Å²) in [5.74, 6) is -0.0558. The smallest absolute Gasteiger partial charge is 0.251 e. The SMILES string of the molecule is CNC(=O)c1cccc(NC(C)c2ccccc2C)c1C. The minimum absolute atomic E-state index is 0.0558. The highest BCUT2D eigenvalue weighted by molar-refractivity contribution is 5.96. The van der Waals surface area contributed by atoms with Crippen molar-refractivity contribution in [1.82, 2.24) is 5.32 Å². The number of rotatable bonds is 4. The summed E-state index contributed by atoms with van der Waals surface area (Å²) >= 11 is 0. The summed E-state index contributed by atoms with van der Waals surface area (Å²) in [7, 11) is 1.65. The second-order valence-corrected chi connectivity index (χ2v) is 5.28.